The van der Waals surface area contributed by atoms with E-state index in [0.717, 1.165) is 56.9 Å². The van der Waals surface area contributed by atoms with Crippen molar-refractivity contribution in [2.45, 2.75) is 117 Å². The van der Waals surface area contributed by atoms with Crippen LogP contribution in [0.4, 0.5) is 4.79 Å². The van der Waals surface area contributed by atoms with Gasteiger partial charge in [0, 0.05) is 25.1 Å². The van der Waals surface area contributed by atoms with Crippen LogP contribution < -0.4 is 10.6 Å². The molecule has 0 saturated carbocycles. The van der Waals surface area contributed by atoms with E-state index in [4.69, 9.17) is 11.2 Å². The highest BCUT2D eigenvalue weighted by atomic mass is 16.6. The summed E-state index contributed by atoms with van der Waals surface area (Å²) in [7, 11) is 0. The third-order valence-electron chi connectivity index (χ3n) is 7.34. The summed E-state index contributed by atoms with van der Waals surface area (Å²) in [6.45, 7) is 10.5. The Kier molecular flexibility index (Phi) is 16.1. The number of terminal acetylenes is 1. The first-order valence-electron chi connectivity index (χ1n) is 16.3. The number of nitrogens with one attached hydrogen (secondary N) is 2. The van der Waals surface area contributed by atoms with Gasteiger partial charge in [-0.05, 0) is 56.9 Å². The maximum Gasteiger partial charge on any atom is 0.408 e. The molecule has 44 heavy (non-hydrogen) atoms. The Morgan fingerprint density at radius 3 is 2.09 bits per heavy atom. The van der Waals surface area contributed by atoms with Crippen LogP contribution in [0.25, 0.3) is 0 Å². The van der Waals surface area contributed by atoms with E-state index in [-0.39, 0.29) is 18.2 Å². The van der Waals surface area contributed by atoms with E-state index in [1.807, 2.05) is 42.5 Å². The summed E-state index contributed by atoms with van der Waals surface area (Å²) in [5, 5.41) is 5.91. The molecule has 2 aromatic rings. The standard InChI is InChI=1S/C37H53N3O4/c1-7-10-12-13-14-19-27-40(33(34(41)38-26-18-11-8-2)31-24-22-29(9-3)23-25-31)35(42)32(28-30-20-16-15-17-21-30)39-36(43)44-37(4,5)6/h3,15-17,20-25,32-33H,7-8,10-14,18-19,26-28H2,1-2,4-6H3,(H,38,41)(H,39,43). The molecular weight excluding hydrogens is 550 g/mol. The van der Waals surface area contributed by atoms with Gasteiger partial charge in [-0.2, -0.15) is 0 Å². The monoisotopic (exact) mass is 603 g/mol. The van der Waals surface area contributed by atoms with Crippen molar-refractivity contribution in [2.24, 2.45) is 0 Å². The molecule has 2 aromatic carbocycles. The predicted molar refractivity (Wildman–Crippen MR) is 178 cm³/mol. The molecule has 0 bridgehead atoms. The zero-order valence-corrected chi connectivity index (χ0v) is 27.5. The number of rotatable bonds is 18. The molecule has 2 unspecified atom stereocenters. The third kappa shape index (κ3) is 13.2. The van der Waals surface area contributed by atoms with Crippen LogP contribution in [-0.4, -0.2) is 47.5 Å². The Bertz CT molecular complexity index is 1180. The summed E-state index contributed by atoms with van der Waals surface area (Å²) in [4.78, 5) is 43.1. The molecular formula is C37H53N3O4. The Hall–Kier alpha value is -3.79. The first-order valence-corrected chi connectivity index (χ1v) is 16.3. The van der Waals surface area contributed by atoms with Gasteiger partial charge in [0.25, 0.3) is 0 Å². The molecule has 0 aliphatic carbocycles. The van der Waals surface area contributed by atoms with Crippen LogP contribution >= 0.6 is 0 Å². The van der Waals surface area contributed by atoms with Gasteiger partial charge in [0.2, 0.25) is 11.8 Å². The molecule has 0 heterocycles. The molecule has 0 radical (unpaired) electrons. The second kappa shape index (κ2) is 19.5. The minimum Gasteiger partial charge on any atom is -0.444 e. The normalized spacial score (nSPS) is 12.5. The average Bonchev–Trinajstić information content (AvgIpc) is 2.99. The molecule has 0 aliphatic heterocycles. The number of ether oxygens (including phenoxy) is 1. The minimum atomic E-state index is -0.937. The first-order chi connectivity index (χ1) is 21.1. The molecule has 7 nitrogen and oxygen atoms in total. The fraction of sp³-hybridized carbons (Fsp3) is 0.541. The molecule has 3 amide bonds. The number of hydrogen-bond donors (Lipinski definition) is 2. The predicted octanol–water partition coefficient (Wildman–Crippen LogP) is 7.34. The lowest BCUT2D eigenvalue weighted by Gasteiger charge is -2.35. The van der Waals surface area contributed by atoms with Crippen molar-refractivity contribution in [3.8, 4) is 12.3 Å². The highest BCUT2D eigenvalue weighted by molar-refractivity contribution is 5.92. The number of benzene rings is 2. The number of alkyl carbamates (subject to hydrolysis) is 1. The van der Waals surface area contributed by atoms with Gasteiger partial charge in [-0.1, -0.05) is 107 Å². The Morgan fingerprint density at radius 2 is 1.48 bits per heavy atom. The second-order valence-corrected chi connectivity index (χ2v) is 12.4. The molecule has 0 saturated heterocycles. The van der Waals surface area contributed by atoms with Gasteiger partial charge in [-0.15, -0.1) is 6.42 Å². The fourth-order valence-electron chi connectivity index (χ4n) is 5.05. The van der Waals surface area contributed by atoms with Crippen molar-refractivity contribution in [2.75, 3.05) is 13.1 Å². The Morgan fingerprint density at radius 1 is 0.864 bits per heavy atom. The Balaban J connectivity index is 2.50. The van der Waals surface area contributed by atoms with E-state index in [1.165, 1.54) is 6.42 Å². The SMILES string of the molecule is C#Cc1ccc(C(C(=O)NCCCCC)N(CCCCCCCC)C(=O)C(Cc2ccccc2)NC(=O)OC(C)(C)C)cc1. The van der Waals surface area contributed by atoms with E-state index in [2.05, 4.69) is 30.4 Å². The van der Waals surface area contributed by atoms with Crippen molar-refractivity contribution >= 4 is 17.9 Å². The van der Waals surface area contributed by atoms with Gasteiger partial charge >= 0.3 is 6.09 Å². The molecule has 7 heteroatoms. The number of carbonyl (C=O) groups excluding carboxylic acids is 3. The highest BCUT2D eigenvalue weighted by Crippen LogP contribution is 2.25. The molecule has 2 N–H and O–H groups in total. The van der Waals surface area contributed by atoms with Crippen LogP contribution in [0.5, 0.6) is 0 Å². The lowest BCUT2D eigenvalue weighted by Crippen LogP contribution is -2.54. The van der Waals surface area contributed by atoms with Crippen LogP contribution in [-0.2, 0) is 20.7 Å². The number of nitrogens with zero attached hydrogens (tertiary/aromatic N) is 1. The first kappa shape index (κ1) is 36.4. The minimum absolute atomic E-state index is 0.246. The van der Waals surface area contributed by atoms with E-state index < -0.39 is 23.8 Å². The quantitative estimate of drug-likeness (QED) is 0.138. The van der Waals surface area contributed by atoms with Crippen LogP contribution in [0.3, 0.4) is 0 Å². The zero-order chi connectivity index (χ0) is 32.4. The topological polar surface area (TPSA) is 87.7 Å². The van der Waals surface area contributed by atoms with Gasteiger partial charge in [-0.25, -0.2) is 4.79 Å². The lowest BCUT2D eigenvalue weighted by molar-refractivity contribution is -0.142. The molecule has 2 rings (SSSR count). The number of hydrogen-bond acceptors (Lipinski definition) is 4. The number of amides is 3. The summed E-state index contributed by atoms with van der Waals surface area (Å²) in [6, 6.07) is 15.0. The third-order valence-corrected chi connectivity index (χ3v) is 7.34. The van der Waals surface area contributed by atoms with Gasteiger partial charge in [0.1, 0.15) is 17.7 Å². The highest BCUT2D eigenvalue weighted by Gasteiger charge is 2.36. The maximum atomic E-state index is 14.6. The van der Waals surface area contributed by atoms with E-state index >= 15 is 0 Å². The summed E-state index contributed by atoms with van der Waals surface area (Å²) < 4.78 is 5.55. The maximum absolute atomic E-state index is 14.6. The number of unbranched alkanes of at least 4 members (excludes halogenated alkanes) is 7. The van der Waals surface area contributed by atoms with Crippen molar-refractivity contribution in [1.29, 1.82) is 0 Å². The van der Waals surface area contributed by atoms with Crippen molar-refractivity contribution in [3.05, 3.63) is 71.3 Å². The van der Waals surface area contributed by atoms with Gasteiger partial charge in [0.15, 0.2) is 0 Å². The van der Waals surface area contributed by atoms with Crippen molar-refractivity contribution in [1.82, 2.24) is 15.5 Å². The van der Waals surface area contributed by atoms with Gasteiger partial charge in [0.05, 0.1) is 0 Å². The van der Waals surface area contributed by atoms with Gasteiger partial charge < -0.3 is 20.3 Å². The molecule has 0 spiro atoms. The molecule has 0 aliphatic rings. The van der Waals surface area contributed by atoms with Gasteiger partial charge in [-0.3, -0.25) is 9.59 Å². The average molecular weight is 604 g/mol. The van der Waals surface area contributed by atoms with E-state index in [0.29, 0.717) is 24.2 Å². The smallest absolute Gasteiger partial charge is 0.408 e. The van der Waals surface area contributed by atoms with Crippen LogP contribution in [0, 0.1) is 12.3 Å². The summed E-state index contributed by atoms with van der Waals surface area (Å²) >= 11 is 0. The van der Waals surface area contributed by atoms with Crippen LogP contribution in [0.2, 0.25) is 0 Å². The molecule has 2 atom stereocenters. The molecule has 240 valence electrons. The summed E-state index contributed by atoms with van der Waals surface area (Å²) in [5.41, 5.74) is 1.52. The van der Waals surface area contributed by atoms with Crippen LogP contribution in [0.15, 0.2) is 54.6 Å². The summed E-state index contributed by atoms with van der Waals surface area (Å²) in [6.07, 6.45) is 14.3. The molecule has 0 fully saturated rings. The van der Waals surface area contributed by atoms with E-state index in [1.54, 1.807) is 37.8 Å². The summed E-state index contributed by atoms with van der Waals surface area (Å²) in [5.74, 6) is 2.05. The molecule has 0 aromatic heterocycles. The van der Waals surface area contributed by atoms with Crippen molar-refractivity contribution < 1.29 is 19.1 Å². The number of carbonyl (C=O) groups is 3. The van der Waals surface area contributed by atoms with Crippen molar-refractivity contribution in [3.63, 3.8) is 0 Å². The van der Waals surface area contributed by atoms with E-state index in [9.17, 15) is 14.4 Å². The van der Waals surface area contributed by atoms with Crippen LogP contribution in [0.1, 0.15) is 115 Å². The zero-order valence-electron chi connectivity index (χ0n) is 27.5. The second-order valence-electron chi connectivity index (χ2n) is 12.4. The fourth-order valence-corrected chi connectivity index (χ4v) is 5.05. The Labute approximate surface area is 265 Å². The largest absolute Gasteiger partial charge is 0.444 e. The lowest BCUT2D eigenvalue weighted by atomic mass is 9.98.